The summed E-state index contributed by atoms with van der Waals surface area (Å²) in [5.74, 6) is 0. The number of pyridine rings is 1. The zero-order valence-electron chi connectivity index (χ0n) is 12.4. The molecule has 2 heterocycles. The molecule has 4 nitrogen and oxygen atoms in total. The van der Waals surface area contributed by atoms with Crippen molar-refractivity contribution in [1.29, 1.82) is 0 Å². The summed E-state index contributed by atoms with van der Waals surface area (Å²) in [5.41, 5.74) is 1.35. The minimum Gasteiger partial charge on any atom is -0.293 e. The van der Waals surface area contributed by atoms with E-state index in [-0.39, 0.29) is 5.56 Å². The molecule has 6 heteroatoms. The van der Waals surface area contributed by atoms with Gasteiger partial charge in [-0.3, -0.25) is 9.36 Å². The molecule has 0 spiro atoms. The Balaban J connectivity index is 1.82. The van der Waals surface area contributed by atoms with Crippen LogP contribution in [0.1, 0.15) is 5.69 Å². The molecular weight excluding hydrogens is 437 g/mol. The van der Waals surface area contributed by atoms with E-state index in [2.05, 4.69) is 32.6 Å². The first-order chi connectivity index (χ1) is 11.6. The van der Waals surface area contributed by atoms with Crippen LogP contribution in [-0.4, -0.2) is 14.5 Å². The van der Waals surface area contributed by atoms with Crippen molar-refractivity contribution < 1.29 is 0 Å². The molecular formula is C18H11ClIN3O. The van der Waals surface area contributed by atoms with Gasteiger partial charge in [-0.2, -0.15) is 0 Å². The van der Waals surface area contributed by atoms with Crippen LogP contribution in [0.4, 0.5) is 0 Å². The van der Waals surface area contributed by atoms with E-state index in [9.17, 15) is 4.79 Å². The number of benzene rings is 2. The average Bonchev–Trinajstić information content (AvgIpc) is 2.58. The maximum atomic E-state index is 12.7. The van der Waals surface area contributed by atoms with E-state index < -0.39 is 0 Å². The Morgan fingerprint density at radius 2 is 1.92 bits per heavy atom. The van der Waals surface area contributed by atoms with Crippen LogP contribution >= 0.6 is 34.2 Å². The molecule has 118 valence electrons. The lowest BCUT2D eigenvalue weighted by molar-refractivity contribution is 0.731. The van der Waals surface area contributed by atoms with Gasteiger partial charge in [0.25, 0.3) is 5.56 Å². The smallest absolute Gasteiger partial charge is 0.261 e. The third-order valence-corrected chi connectivity index (χ3v) is 4.82. The van der Waals surface area contributed by atoms with Gasteiger partial charge in [0.2, 0.25) is 0 Å². The summed E-state index contributed by atoms with van der Waals surface area (Å²) in [6.07, 6.45) is 1.56. The Hall–Kier alpha value is -1.99. The van der Waals surface area contributed by atoms with Crippen molar-refractivity contribution in [1.82, 2.24) is 14.5 Å². The number of fused-ring (bicyclic) bond motifs is 2. The summed E-state index contributed by atoms with van der Waals surface area (Å²) in [6, 6.07) is 15.4. The summed E-state index contributed by atoms with van der Waals surface area (Å²) >= 11 is 8.46. The molecule has 0 N–H and O–H groups in total. The van der Waals surface area contributed by atoms with Gasteiger partial charge in [0.05, 0.1) is 29.5 Å². The van der Waals surface area contributed by atoms with E-state index in [4.69, 9.17) is 11.6 Å². The Labute approximate surface area is 156 Å². The fraction of sp³-hybridized carbons (Fsp3) is 0.0556. The number of nitrogens with zero attached hydrogens (tertiary/aromatic N) is 3. The fourth-order valence-corrected chi connectivity index (χ4v) is 3.48. The van der Waals surface area contributed by atoms with Gasteiger partial charge in [-0.05, 0) is 52.2 Å². The molecule has 0 unspecified atom stereocenters. The summed E-state index contributed by atoms with van der Waals surface area (Å²) in [5, 5.41) is 2.96. The molecule has 4 aromatic rings. The molecule has 0 saturated carbocycles. The third kappa shape index (κ3) is 2.78. The first-order valence-electron chi connectivity index (χ1n) is 7.31. The van der Waals surface area contributed by atoms with Gasteiger partial charge in [-0.25, -0.2) is 9.97 Å². The lowest BCUT2D eigenvalue weighted by Gasteiger charge is -2.08. The highest BCUT2D eigenvalue weighted by atomic mass is 127. The second kappa shape index (κ2) is 6.14. The van der Waals surface area contributed by atoms with E-state index in [0.717, 1.165) is 20.0 Å². The number of rotatable bonds is 2. The monoisotopic (exact) mass is 447 g/mol. The quantitative estimate of drug-likeness (QED) is 0.341. The van der Waals surface area contributed by atoms with E-state index in [1.165, 1.54) is 0 Å². The van der Waals surface area contributed by atoms with Crippen LogP contribution in [0.2, 0.25) is 5.15 Å². The van der Waals surface area contributed by atoms with Crippen LogP contribution in [0.5, 0.6) is 0 Å². The molecule has 0 saturated heterocycles. The van der Waals surface area contributed by atoms with Crippen molar-refractivity contribution >= 4 is 55.9 Å². The topological polar surface area (TPSA) is 47.8 Å². The molecule has 2 aromatic heterocycles. The second-order valence-electron chi connectivity index (χ2n) is 5.46. The Kier molecular flexibility index (Phi) is 3.97. The molecule has 2 aromatic carbocycles. The third-order valence-electron chi connectivity index (χ3n) is 3.87. The van der Waals surface area contributed by atoms with Crippen molar-refractivity contribution in [3.63, 3.8) is 0 Å². The number of halogens is 2. The summed E-state index contributed by atoms with van der Waals surface area (Å²) in [7, 11) is 0. The van der Waals surface area contributed by atoms with Crippen molar-refractivity contribution in [3.05, 3.63) is 79.6 Å². The van der Waals surface area contributed by atoms with E-state index in [0.29, 0.717) is 22.6 Å². The van der Waals surface area contributed by atoms with Gasteiger partial charge in [-0.15, -0.1) is 0 Å². The van der Waals surface area contributed by atoms with Crippen LogP contribution in [-0.2, 0) is 6.54 Å². The first-order valence-corrected chi connectivity index (χ1v) is 8.76. The summed E-state index contributed by atoms with van der Waals surface area (Å²) in [4.78, 5) is 21.5. The summed E-state index contributed by atoms with van der Waals surface area (Å²) < 4.78 is 2.56. The zero-order valence-corrected chi connectivity index (χ0v) is 15.3. The highest BCUT2D eigenvalue weighted by molar-refractivity contribution is 14.1. The van der Waals surface area contributed by atoms with Crippen LogP contribution in [0.15, 0.2) is 59.7 Å². The predicted molar refractivity (Wildman–Crippen MR) is 105 cm³/mol. The van der Waals surface area contributed by atoms with Crippen molar-refractivity contribution in [3.8, 4) is 0 Å². The van der Waals surface area contributed by atoms with Crippen molar-refractivity contribution in [2.45, 2.75) is 6.54 Å². The Morgan fingerprint density at radius 1 is 1.08 bits per heavy atom. The van der Waals surface area contributed by atoms with Crippen LogP contribution in [0.3, 0.4) is 0 Å². The lowest BCUT2D eigenvalue weighted by atomic mass is 10.1. The number of hydrogen-bond donors (Lipinski definition) is 0. The predicted octanol–water partition coefficient (Wildman–Crippen LogP) is 4.25. The fourth-order valence-electron chi connectivity index (χ4n) is 2.71. The standard InChI is InChI=1S/C18H11ClIN3O/c19-17-14-4-2-1-3-11(14)7-13(22-17)9-23-10-21-16-6-5-12(20)8-15(16)18(23)24/h1-8,10H,9H2. The first kappa shape index (κ1) is 15.5. The summed E-state index contributed by atoms with van der Waals surface area (Å²) in [6.45, 7) is 0.331. The minimum absolute atomic E-state index is 0.0791. The van der Waals surface area contributed by atoms with Gasteiger partial charge in [-0.1, -0.05) is 35.9 Å². The molecule has 0 bridgehead atoms. The normalized spacial score (nSPS) is 11.2. The maximum Gasteiger partial charge on any atom is 0.261 e. The molecule has 0 amide bonds. The van der Waals surface area contributed by atoms with E-state index >= 15 is 0 Å². The van der Waals surface area contributed by atoms with Gasteiger partial charge in [0.1, 0.15) is 5.15 Å². The van der Waals surface area contributed by atoms with Gasteiger partial charge in [0, 0.05) is 8.96 Å². The van der Waals surface area contributed by atoms with Crippen molar-refractivity contribution in [2.24, 2.45) is 0 Å². The zero-order chi connectivity index (χ0) is 16.7. The molecule has 0 aliphatic rings. The van der Waals surface area contributed by atoms with Crippen molar-refractivity contribution in [2.75, 3.05) is 0 Å². The number of aromatic nitrogens is 3. The SMILES string of the molecule is O=c1c2cc(I)ccc2ncn1Cc1cc2ccccc2c(Cl)n1. The average molecular weight is 448 g/mol. The molecule has 0 atom stereocenters. The van der Waals surface area contributed by atoms with Gasteiger partial charge < -0.3 is 0 Å². The minimum atomic E-state index is -0.0791. The van der Waals surface area contributed by atoms with E-state index in [1.54, 1.807) is 10.9 Å². The molecule has 4 rings (SSSR count). The Morgan fingerprint density at radius 3 is 2.79 bits per heavy atom. The van der Waals surface area contributed by atoms with Crippen LogP contribution < -0.4 is 5.56 Å². The van der Waals surface area contributed by atoms with Crippen LogP contribution in [0.25, 0.3) is 21.7 Å². The largest absolute Gasteiger partial charge is 0.293 e. The molecule has 0 fully saturated rings. The molecule has 0 aliphatic carbocycles. The maximum absolute atomic E-state index is 12.7. The van der Waals surface area contributed by atoms with Gasteiger partial charge >= 0.3 is 0 Å². The highest BCUT2D eigenvalue weighted by Gasteiger charge is 2.08. The molecule has 0 radical (unpaired) electrons. The van der Waals surface area contributed by atoms with Gasteiger partial charge in [0.15, 0.2) is 0 Å². The second-order valence-corrected chi connectivity index (χ2v) is 7.07. The van der Waals surface area contributed by atoms with Crippen LogP contribution in [0, 0.1) is 3.57 Å². The lowest BCUT2D eigenvalue weighted by Crippen LogP contribution is -2.21. The highest BCUT2D eigenvalue weighted by Crippen LogP contribution is 2.22. The van der Waals surface area contributed by atoms with E-state index in [1.807, 2.05) is 48.5 Å². The Bertz CT molecular complexity index is 1140. The molecule has 0 aliphatic heterocycles. The number of hydrogen-bond acceptors (Lipinski definition) is 3. The molecule has 24 heavy (non-hydrogen) atoms.